The van der Waals surface area contributed by atoms with Gasteiger partial charge in [-0.05, 0) is 88.7 Å². The monoisotopic (exact) mass is 664 g/mol. The van der Waals surface area contributed by atoms with Crippen molar-refractivity contribution in [1.82, 2.24) is 9.80 Å². The van der Waals surface area contributed by atoms with E-state index in [9.17, 15) is 19.2 Å². The maximum atomic E-state index is 14.4. The number of carbonyl (C=O) groups excluding carboxylic acids is 4. The molecule has 4 aromatic rings. The number of hydrogen-bond donors (Lipinski definition) is 0. The number of thiophene rings is 4. The molecule has 2 aliphatic rings. The van der Waals surface area contributed by atoms with E-state index >= 15 is 0 Å². The van der Waals surface area contributed by atoms with Crippen LogP contribution in [0.2, 0.25) is 0 Å². The molecule has 6 heterocycles. The van der Waals surface area contributed by atoms with Crippen molar-refractivity contribution in [3.63, 3.8) is 0 Å². The van der Waals surface area contributed by atoms with E-state index in [-0.39, 0.29) is 22.5 Å². The second-order valence-electron chi connectivity index (χ2n) is 12.0. The molecule has 8 nitrogen and oxygen atoms in total. The number of fused-ring (bicyclic) bond motifs is 1. The van der Waals surface area contributed by atoms with Crippen LogP contribution in [0.5, 0.6) is 0 Å². The van der Waals surface area contributed by atoms with Crippen molar-refractivity contribution in [3.05, 3.63) is 80.2 Å². The number of imide groups is 2. The molecule has 2 aliphatic heterocycles. The van der Waals surface area contributed by atoms with E-state index in [1.165, 1.54) is 22.7 Å². The summed E-state index contributed by atoms with van der Waals surface area (Å²) in [5.74, 6) is -1.48. The van der Waals surface area contributed by atoms with Crippen LogP contribution in [0.25, 0.3) is 30.9 Å². The number of nitrogens with zero attached hydrogens (tertiary/aromatic N) is 2. The van der Waals surface area contributed by atoms with Crippen molar-refractivity contribution in [2.75, 3.05) is 0 Å². The maximum absolute atomic E-state index is 14.4. The molecule has 0 fully saturated rings. The summed E-state index contributed by atoms with van der Waals surface area (Å²) in [6.07, 6.45) is -1.81. The van der Waals surface area contributed by atoms with Gasteiger partial charge in [0.05, 0.1) is 32.3 Å². The molecule has 0 unspecified atom stereocenters. The summed E-state index contributed by atoms with van der Waals surface area (Å²) in [6.45, 7) is 10.2. The Morgan fingerprint density at radius 3 is 1.25 bits per heavy atom. The molecule has 0 saturated heterocycles. The van der Waals surface area contributed by atoms with Gasteiger partial charge >= 0.3 is 12.2 Å². The summed E-state index contributed by atoms with van der Waals surface area (Å²) >= 11 is 5.80. The highest BCUT2D eigenvalue weighted by atomic mass is 32.1. The van der Waals surface area contributed by atoms with Gasteiger partial charge in [0.1, 0.15) is 11.2 Å². The normalized spacial score (nSPS) is 15.5. The first-order valence-corrected chi connectivity index (χ1v) is 17.0. The second kappa shape index (κ2) is 11.0. The molecule has 0 atom stereocenters. The molecule has 0 bridgehead atoms. The van der Waals surface area contributed by atoms with E-state index in [1.807, 2.05) is 47.2 Å². The quantitative estimate of drug-likeness (QED) is 0.216. The molecular weight excluding hydrogens is 637 g/mol. The van der Waals surface area contributed by atoms with Gasteiger partial charge in [-0.3, -0.25) is 9.59 Å². The lowest BCUT2D eigenvalue weighted by atomic mass is 10.1. The van der Waals surface area contributed by atoms with Gasteiger partial charge < -0.3 is 9.47 Å². The van der Waals surface area contributed by atoms with Crippen molar-refractivity contribution >= 4 is 80.7 Å². The van der Waals surface area contributed by atoms with Crippen LogP contribution in [-0.4, -0.2) is 45.0 Å². The summed E-state index contributed by atoms with van der Waals surface area (Å²) in [5, 5.41) is 3.92. The molecule has 226 valence electrons. The smallest absolute Gasteiger partial charge is 0.422 e. The minimum atomic E-state index is -0.907. The highest BCUT2D eigenvalue weighted by Crippen LogP contribution is 2.50. The lowest BCUT2D eigenvalue weighted by molar-refractivity contribution is -0.123. The fourth-order valence-corrected chi connectivity index (χ4v) is 8.53. The molecule has 0 N–H and O–H groups in total. The molecule has 0 spiro atoms. The molecule has 0 aliphatic carbocycles. The number of carbonyl (C=O) groups is 4. The SMILES string of the molecule is CC(C)(C)OC(=O)N1C(=O)C2=C(c3ccc(-c4cccs4)s3)N(C(=O)OC(C)(C)C)C(=O)C2=C1c1ccc(-c2cccs2)s1. The van der Waals surface area contributed by atoms with Crippen LogP contribution >= 0.6 is 45.3 Å². The van der Waals surface area contributed by atoms with Crippen LogP contribution in [0.15, 0.2) is 70.4 Å². The Hall–Kier alpha value is -3.84. The highest BCUT2D eigenvalue weighted by molar-refractivity contribution is 7.22. The van der Waals surface area contributed by atoms with Crippen molar-refractivity contribution in [1.29, 1.82) is 0 Å². The zero-order valence-corrected chi connectivity index (χ0v) is 28.0. The summed E-state index contributed by atoms with van der Waals surface area (Å²) in [5.41, 5.74) is -1.70. The summed E-state index contributed by atoms with van der Waals surface area (Å²) < 4.78 is 11.3. The van der Waals surface area contributed by atoms with E-state index in [0.29, 0.717) is 9.75 Å². The van der Waals surface area contributed by atoms with Gasteiger partial charge in [-0.25, -0.2) is 19.4 Å². The number of hydrogen-bond acceptors (Lipinski definition) is 10. The van der Waals surface area contributed by atoms with Gasteiger partial charge in [0, 0.05) is 19.5 Å². The Labute approximate surface area is 270 Å². The molecular formula is C32H28N2O6S4. The van der Waals surface area contributed by atoms with Gasteiger partial charge in [-0.1, -0.05) is 12.1 Å². The molecule has 12 heteroatoms. The van der Waals surface area contributed by atoms with Gasteiger partial charge in [0.25, 0.3) is 11.8 Å². The third-order valence-electron chi connectivity index (χ3n) is 6.36. The predicted molar refractivity (Wildman–Crippen MR) is 175 cm³/mol. The van der Waals surface area contributed by atoms with E-state index in [1.54, 1.807) is 76.3 Å². The summed E-state index contributed by atoms with van der Waals surface area (Å²) in [6, 6.07) is 15.1. The second-order valence-corrected chi connectivity index (χ2v) is 16.0. The fourth-order valence-electron chi connectivity index (χ4n) is 4.77. The topological polar surface area (TPSA) is 93.2 Å². The molecule has 4 amide bonds. The third-order valence-corrected chi connectivity index (χ3v) is 10.7. The Morgan fingerprint density at radius 1 is 0.568 bits per heavy atom. The van der Waals surface area contributed by atoms with Gasteiger partial charge in [-0.15, -0.1) is 45.3 Å². The Bertz CT molecular complexity index is 1720. The Balaban J connectivity index is 1.58. The minimum Gasteiger partial charge on any atom is -0.443 e. The molecule has 6 rings (SSSR count). The van der Waals surface area contributed by atoms with Crippen molar-refractivity contribution < 1.29 is 28.7 Å². The van der Waals surface area contributed by atoms with Crippen LogP contribution in [0.1, 0.15) is 51.3 Å². The first kappa shape index (κ1) is 30.2. The van der Waals surface area contributed by atoms with Crippen molar-refractivity contribution in [3.8, 4) is 19.5 Å². The van der Waals surface area contributed by atoms with E-state index in [0.717, 1.165) is 29.3 Å². The van der Waals surface area contributed by atoms with Crippen LogP contribution in [-0.2, 0) is 19.1 Å². The average Bonchev–Trinajstić information content (AvgIpc) is 3.75. The molecule has 44 heavy (non-hydrogen) atoms. The molecule has 0 radical (unpaired) electrons. The lowest BCUT2D eigenvalue weighted by Crippen LogP contribution is -2.40. The first-order chi connectivity index (χ1) is 20.7. The van der Waals surface area contributed by atoms with E-state index < -0.39 is 35.2 Å². The number of ether oxygens (including phenoxy) is 2. The predicted octanol–water partition coefficient (Wildman–Crippen LogP) is 8.94. The molecule has 0 aromatic carbocycles. The first-order valence-electron chi connectivity index (χ1n) is 13.7. The zero-order valence-electron chi connectivity index (χ0n) is 24.8. The van der Waals surface area contributed by atoms with Crippen LogP contribution in [0, 0.1) is 0 Å². The average molecular weight is 665 g/mol. The summed E-state index contributed by atoms with van der Waals surface area (Å²) in [4.78, 5) is 62.7. The minimum absolute atomic E-state index is 0.0348. The Morgan fingerprint density at radius 2 is 0.932 bits per heavy atom. The van der Waals surface area contributed by atoms with Gasteiger partial charge in [-0.2, -0.15) is 0 Å². The van der Waals surface area contributed by atoms with Gasteiger partial charge in [0.15, 0.2) is 0 Å². The highest BCUT2D eigenvalue weighted by Gasteiger charge is 2.54. The molecule has 4 aromatic heterocycles. The number of amides is 4. The Kier molecular flexibility index (Phi) is 7.52. The van der Waals surface area contributed by atoms with Gasteiger partial charge in [0.2, 0.25) is 0 Å². The van der Waals surface area contributed by atoms with Crippen LogP contribution in [0.4, 0.5) is 9.59 Å². The maximum Gasteiger partial charge on any atom is 0.422 e. The van der Waals surface area contributed by atoms with E-state index in [2.05, 4.69) is 0 Å². The van der Waals surface area contributed by atoms with E-state index in [4.69, 9.17) is 9.47 Å². The van der Waals surface area contributed by atoms with Crippen molar-refractivity contribution in [2.45, 2.75) is 52.7 Å². The fraction of sp³-hybridized carbons (Fsp3) is 0.250. The van der Waals surface area contributed by atoms with Crippen LogP contribution in [0.3, 0.4) is 0 Å². The summed E-state index contributed by atoms with van der Waals surface area (Å²) in [7, 11) is 0. The lowest BCUT2D eigenvalue weighted by Gasteiger charge is -2.27. The third kappa shape index (κ3) is 5.47. The zero-order chi connectivity index (χ0) is 31.6. The standard InChI is InChI=1S/C32H28N2O6S4/c1-31(2,3)39-29(37)33-25(21-13-11-19(43-21)17-9-7-15-41-17)23-24(27(33)35)26(34(28(23)36)30(38)40-32(4,5)6)22-14-12-20(44-22)18-10-8-16-42-18/h7-16H,1-6H3. The number of rotatable bonds is 4. The van der Waals surface area contributed by atoms with Crippen LogP contribution < -0.4 is 0 Å². The largest absolute Gasteiger partial charge is 0.443 e. The van der Waals surface area contributed by atoms with Crippen molar-refractivity contribution in [2.24, 2.45) is 0 Å². The molecule has 0 saturated carbocycles.